The van der Waals surface area contributed by atoms with E-state index in [1.54, 1.807) is 0 Å². The van der Waals surface area contributed by atoms with Gasteiger partial charge in [-0.05, 0) is 56.3 Å². The number of nitrogens with zero attached hydrogens (tertiary/aromatic N) is 6. The van der Waals surface area contributed by atoms with Crippen LogP contribution in [0.3, 0.4) is 0 Å². The molecule has 0 heterocycles. The summed E-state index contributed by atoms with van der Waals surface area (Å²) < 4.78 is 0. The number of allylic oxidation sites excluding steroid dienone is 2. The second-order valence-electron chi connectivity index (χ2n) is 9.14. The average Bonchev–Trinajstić information content (AvgIpc) is 2.66. The first-order chi connectivity index (χ1) is 14.1. The van der Waals surface area contributed by atoms with Gasteiger partial charge in [0.15, 0.2) is 0 Å². The Morgan fingerprint density at radius 1 is 0.667 bits per heavy atom. The van der Waals surface area contributed by atoms with Crippen molar-refractivity contribution < 1.29 is 0 Å². The maximum Gasteiger partial charge on any atom is 0.0450 e. The van der Waals surface area contributed by atoms with E-state index in [9.17, 15) is 0 Å². The van der Waals surface area contributed by atoms with Gasteiger partial charge >= 0.3 is 0 Å². The Morgan fingerprint density at radius 3 is 1.33 bits per heavy atom. The summed E-state index contributed by atoms with van der Waals surface area (Å²) >= 11 is 0. The van der Waals surface area contributed by atoms with Crippen LogP contribution in [0.5, 0.6) is 0 Å². The Bertz CT molecular complexity index is 980. The molecular formula is C24H28N6. The maximum absolute atomic E-state index is 8.90. The van der Waals surface area contributed by atoms with Crippen molar-refractivity contribution >= 4 is 23.5 Å². The van der Waals surface area contributed by atoms with Crippen LogP contribution in [-0.2, 0) is 10.8 Å². The van der Waals surface area contributed by atoms with Crippen molar-refractivity contribution in [3.63, 3.8) is 0 Å². The third-order valence-corrected chi connectivity index (χ3v) is 4.76. The zero-order valence-electron chi connectivity index (χ0n) is 18.5. The van der Waals surface area contributed by atoms with E-state index in [0.717, 1.165) is 22.3 Å². The molecule has 2 aromatic carbocycles. The minimum atomic E-state index is -0.0290. The maximum atomic E-state index is 8.90. The van der Waals surface area contributed by atoms with E-state index in [1.165, 1.54) is 0 Å². The molecule has 0 saturated heterocycles. The van der Waals surface area contributed by atoms with Gasteiger partial charge in [0.25, 0.3) is 0 Å². The quantitative estimate of drug-likeness (QED) is 0.207. The third kappa shape index (κ3) is 6.02. The highest BCUT2D eigenvalue weighted by Gasteiger charge is 2.15. The molecule has 0 aliphatic carbocycles. The predicted molar refractivity (Wildman–Crippen MR) is 126 cm³/mol. The van der Waals surface area contributed by atoms with Crippen LogP contribution in [-0.4, -0.2) is 0 Å². The fourth-order valence-corrected chi connectivity index (χ4v) is 2.89. The lowest BCUT2D eigenvalue weighted by Gasteiger charge is -2.20. The molecule has 0 spiro atoms. The van der Waals surface area contributed by atoms with Crippen LogP contribution in [0.1, 0.15) is 63.8 Å². The molecule has 0 aromatic heterocycles. The van der Waals surface area contributed by atoms with Crippen molar-refractivity contribution in [1.82, 2.24) is 0 Å². The van der Waals surface area contributed by atoms with Gasteiger partial charge in [-0.25, -0.2) is 0 Å². The van der Waals surface area contributed by atoms with Gasteiger partial charge in [0.05, 0.1) is 0 Å². The van der Waals surface area contributed by atoms with Crippen LogP contribution in [0.25, 0.3) is 33.0 Å². The summed E-state index contributed by atoms with van der Waals surface area (Å²) in [6.07, 6.45) is 7.54. The smallest absolute Gasteiger partial charge is 0.0450 e. The molecule has 0 fully saturated rings. The predicted octanol–water partition coefficient (Wildman–Crippen LogP) is 8.89. The Hall–Kier alpha value is -3.46. The minimum absolute atomic E-state index is 0.0290. The van der Waals surface area contributed by atoms with Gasteiger partial charge in [-0.2, -0.15) is 0 Å². The lowest BCUT2D eigenvalue weighted by Crippen LogP contribution is -2.10. The van der Waals surface area contributed by atoms with Crippen LogP contribution < -0.4 is 0 Å². The summed E-state index contributed by atoms with van der Waals surface area (Å²) in [5, 5.41) is 7.68. The van der Waals surface area contributed by atoms with Crippen molar-refractivity contribution in [3.05, 3.63) is 91.7 Å². The van der Waals surface area contributed by atoms with Crippen molar-refractivity contribution in [2.45, 2.75) is 52.4 Å². The third-order valence-electron chi connectivity index (χ3n) is 4.76. The van der Waals surface area contributed by atoms with E-state index < -0.39 is 0 Å². The summed E-state index contributed by atoms with van der Waals surface area (Å²) in [4.78, 5) is 5.90. The van der Waals surface area contributed by atoms with Crippen LogP contribution in [0, 0.1) is 0 Å². The molecule has 0 atom stereocenters. The van der Waals surface area contributed by atoms with Crippen LogP contribution in [0.2, 0.25) is 0 Å². The van der Waals surface area contributed by atoms with E-state index in [1.807, 2.05) is 60.7 Å². The largest absolute Gasteiger partial charge is 0.0616 e. The van der Waals surface area contributed by atoms with E-state index in [2.05, 4.69) is 61.6 Å². The highest BCUT2D eigenvalue weighted by molar-refractivity contribution is 5.69. The Labute approximate surface area is 178 Å². The van der Waals surface area contributed by atoms with Gasteiger partial charge in [0.2, 0.25) is 0 Å². The fourth-order valence-electron chi connectivity index (χ4n) is 2.89. The summed E-state index contributed by atoms with van der Waals surface area (Å²) in [6.45, 7) is 12.7. The van der Waals surface area contributed by atoms with Crippen molar-refractivity contribution in [1.29, 1.82) is 0 Å². The molecule has 154 valence electrons. The molecule has 0 amide bonds. The number of hydrogen-bond acceptors (Lipinski definition) is 2. The van der Waals surface area contributed by atoms with E-state index in [-0.39, 0.29) is 10.8 Å². The molecule has 6 heteroatoms. The van der Waals surface area contributed by atoms with Crippen molar-refractivity contribution in [3.8, 4) is 0 Å². The molecule has 0 bridgehead atoms. The molecule has 6 nitrogen and oxygen atoms in total. The topological polar surface area (TPSA) is 97.5 Å². The first-order valence-corrected chi connectivity index (χ1v) is 9.80. The molecule has 30 heavy (non-hydrogen) atoms. The summed E-state index contributed by atoms with van der Waals surface area (Å²) in [5.41, 5.74) is 22.8. The molecule has 0 N–H and O–H groups in total. The molecule has 0 saturated carbocycles. The Balaban J connectivity index is 2.33. The van der Waals surface area contributed by atoms with Gasteiger partial charge in [0, 0.05) is 21.2 Å². The van der Waals surface area contributed by atoms with Gasteiger partial charge in [0.1, 0.15) is 0 Å². The average molecular weight is 401 g/mol. The fraction of sp³-hybridized carbons (Fsp3) is 0.333. The summed E-state index contributed by atoms with van der Waals surface area (Å²) in [7, 11) is 0. The normalized spacial score (nSPS) is 12.1. The second-order valence-corrected chi connectivity index (χ2v) is 9.14. The summed E-state index contributed by atoms with van der Waals surface area (Å²) in [6, 6.07) is 11.9. The van der Waals surface area contributed by atoms with Gasteiger partial charge in [-0.15, -0.1) is 0 Å². The number of rotatable bonds is 5. The molecule has 2 rings (SSSR count). The minimum Gasteiger partial charge on any atom is -0.0616 e. The molecule has 2 aromatic rings. The highest BCUT2D eigenvalue weighted by atomic mass is 15.1. The first-order valence-electron chi connectivity index (χ1n) is 9.80. The number of azide groups is 2. The van der Waals surface area contributed by atoms with E-state index in [0.29, 0.717) is 11.4 Å². The van der Waals surface area contributed by atoms with E-state index in [4.69, 9.17) is 11.1 Å². The van der Waals surface area contributed by atoms with Gasteiger partial charge < -0.3 is 0 Å². The van der Waals surface area contributed by atoms with Crippen molar-refractivity contribution in [2.75, 3.05) is 0 Å². The van der Waals surface area contributed by atoms with Gasteiger partial charge in [-0.3, -0.25) is 0 Å². The van der Waals surface area contributed by atoms with Gasteiger partial charge in [-0.1, -0.05) is 100 Å². The lowest BCUT2D eigenvalue weighted by atomic mass is 9.86. The first kappa shape index (κ1) is 22.8. The molecule has 0 unspecified atom stereocenters. The van der Waals surface area contributed by atoms with E-state index >= 15 is 0 Å². The van der Waals surface area contributed by atoms with Crippen LogP contribution >= 0.6 is 0 Å². The lowest BCUT2D eigenvalue weighted by molar-refractivity contribution is 0.590. The zero-order valence-corrected chi connectivity index (χ0v) is 18.5. The Morgan fingerprint density at radius 2 is 1.03 bits per heavy atom. The molecule has 0 aliphatic rings. The summed E-state index contributed by atoms with van der Waals surface area (Å²) in [5.74, 6) is 0. The number of hydrogen-bond donors (Lipinski definition) is 0. The standard InChI is InChI=1S/C24H28N6/c1-23(2,3)19-13-11-17(21(15-19)27-29-25)9-7-8-10-18-12-14-20(24(4,5)6)16-22(18)28-30-26/h7-16H,1-6H3/b9-7+,10-8+. The van der Waals surface area contributed by atoms with Crippen LogP contribution in [0.4, 0.5) is 11.4 Å². The SMILES string of the molecule is CC(C)(C)c1ccc(/C=C/C=C/c2ccc(C(C)(C)C)cc2N=[N+]=[N-])c(N=[N+]=[N-])c1. The second kappa shape index (κ2) is 9.36. The molecular weight excluding hydrogens is 372 g/mol. The Kier molecular flexibility index (Phi) is 7.12. The highest BCUT2D eigenvalue weighted by Crippen LogP contribution is 2.31. The molecule has 0 aliphatic heterocycles. The zero-order chi connectivity index (χ0) is 22.4. The number of benzene rings is 2. The van der Waals surface area contributed by atoms with Crippen LogP contribution in [0.15, 0.2) is 58.8 Å². The van der Waals surface area contributed by atoms with Crippen molar-refractivity contribution in [2.24, 2.45) is 10.2 Å². The molecule has 0 radical (unpaired) electrons. The monoisotopic (exact) mass is 400 g/mol.